The van der Waals surface area contributed by atoms with Gasteiger partial charge in [0.25, 0.3) is 0 Å². The molecule has 2 aliphatic rings. The average Bonchev–Trinajstić information content (AvgIpc) is 3.06. The van der Waals surface area contributed by atoms with Crippen LogP contribution in [0.4, 0.5) is 0 Å². The van der Waals surface area contributed by atoms with E-state index in [-0.39, 0.29) is 6.10 Å². The van der Waals surface area contributed by atoms with E-state index in [2.05, 4.69) is 20.9 Å². The maximum Gasteiger partial charge on any atom is 0.213 e. The molecular weight excluding hydrogens is 262 g/mol. The van der Waals surface area contributed by atoms with Crippen LogP contribution >= 0.6 is 0 Å². The maximum atomic E-state index is 6.16. The third-order valence-corrected chi connectivity index (χ3v) is 4.62. The summed E-state index contributed by atoms with van der Waals surface area (Å²) in [6.07, 6.45) is 8.36. The van der Waals surface area contributed by atoms with E-state index in [0.717, 1.165) is 19.0 Å². The number of hydrogen-bond acceptors (Lipinski definition) is 4. The molecule has 0 spiro atoms. The zero-order chi connectivity index (χ0) is 14.1. The van der Waals surface area contributed by atoms with Gasteiger partial charge >= 0.3 is 0 Å². The van der Waals surface area contributed by atoms with E-state index in [1.165, 1.54) is 18.4 Å². The first-order chi connectivity index (χ1) is 10.4. The van der Waals surface area contributed by atoms with Crippen molar-refractivity contribution in [3.63, 3.8) is 0 Å². The molecule has 1 aliphatic carbocycles. The fraction of sp³-hybridized carbons (Fsp3) is 0.412. The summed E-state index contributed by atoms with van der Waals surface area (Å²) < 4.78 is 6.16. The minimum absolute atomic E-state index is 0.288. The minimum Gasteiger partial charge on any atom is -0.472 e. The van der Waals surface area contributed by atoms with Crippen molar-refractivity contribution in [1.29, 1.82) is 0 Å². The Morgan fingerprint density at radius 2 is 2.14 bits per heavy atom. The van der Waals surface area contributed by atoms with Gasteiger partial charge in [-0.2, -0.15) is 0 Å². The SMILES string of the molecule is c1ccc(OC2C3CCC2N(Cc2cccnc2)C3)nc1. The number of nitrogens with zero attached hydrogens (tertiary/aromatic N) is 3. The molecule has 0 amide bonds. The fourth-order valence-corrected chi connectivity index (χ4v) is 3.69. The van der Waals surface area contributed by atoms with E-state index in [4.69, 9.17) is 4.74 Å². The maximum absolute atomic E-state index is 6.16. The van der Waals surface area contributed by atoms with Gasteiger partial charge in [-0.15, -0.1) is 0 Å². The number of hydrogen-bond donors (Lipinski definition) is 0. The molecule has 21 heavy (non-hydrogen) atoms. The van der Waals surface area contributed by atoms with Crippen LogP contribution in [0.15, 0.2) is 48.9 Å². The molecular formula is C17H19N3O. The monoisotopic (exact) mass is 281 g/mol. The van der Waals surface area contributed by atoms with Crippen LogP contribution in [0.3, 0.4) is 0 Å². The van der Waals surface area contributed by atoms with Crippen LogP contribution in [-0.2, 0) is 6.54 Å². The fourth-order valence-electron chi connectivity index (χ4n) is 3.69. The van der Waals surface area contributed by atoms with Crippen molar-refractivity contribution in [3.8, 4) is 5.88 Å². The minimum atomic E-state index is 0.288. The molecule has 1 saturated heterocycles. The zero-order valence-corrected chi connectivity index (χ0v) is 11.9. The number of likely N-dealkylation sites (tertiary alicyclic amines) is 1. The molecule has 0 N–H and O–H groups in total. The van der Waals surface area contributed by atoms with Crippen LogP contribution in [0.25, 0.3) is 0 Å². The summed E-state index contributed by atoms with van der Waals surface area (Å²) in [5.74, 6) is 1.39. The second-order valence-electron chi connectivity index (χ2n) is 5.95. The highest BCUT2D eigenvalue weighted by Crippen LogP contribution is 2.40. The van der Waals surface area contributed by atoms with E-state index in [9.17, 15) is 0 Å². The molecule has 2 aromatic heterocycles. The second-order valence-corrected chi connectivity index (χ2v) is 5.95. The number of aromatic nitrogens is 2. The molecule has 3 heterocycles. The molecule has 1 aliphatic heterocycles. The molecule has 4 heteroatoms. The third kappa shape index (κ3) is 2.51. The number of fused-ring (bicyclic) bond motifs is 2. The molecule has 2 aromatic rings. The van der Waals surface area contributed by atoms with Gasteiger partial charge in [0.05, 0.1) is 0 Å². The van der Waals surface area contributed by atoms with Gasteiger partial charge in [0.1, 0.15) is 6.10 Å². The van der Waals surface area contributed by atoms with E-state index in [1.807, 2.05) is 36.7 Å². The lowest BCUT2D eigenvalue weighted by Gasteiger charge is -2.26. The topological polar surface area (TPSA) is 38.2 Å². The van der Waals surface area contributed by atoms with Gasteiger partial charge in [-0.1, -0.05) is 12.1 Å². The smallest absolute Gasteiger partial charge is 0.213 e. The number of ether oxygens (including phenoxy) is 1. The highest BCUT2D eigenvalue weighted by Gasteiger charge is 2.48. The lowest BCUT2D eigenvalue weighted by atomic mass is 10.1. The van der Waals surface area contributed by atoms with Crippen LogP contribution in [0.2, 0.25) is 0 Å². The number of piperidine rings is 1. The van der Waals surface area contributed by atoms with Crippen molar-refractivity contribution in [2.24, 2.45) is 5.92 Å². The van der Waals surface area contributed by atoms with Crippen LogP contribution in [0.5, 0.6) is 5.88 Å². The average molecular weight is 281 g/mol. The first-order valence-corrected chi connectivity index (χ1v) is 7.61. The zero-order valence-electron chi connectivity index (χ0n) is 11.9. The number of rotatable bonds is 4. The van der Waals surface area contributed by atoms with Crippen LogP contribution in [0, 0.1) is 5.92 Å². The highest BCUT2D eigenvalue weighted by molar-refractivity contribution is 5.14. The normalized spacial score (nSPS) is 27.9. The van der Waals surface area contributed by atoms with E-state index in [1.54, 1.807) is 6.20 Å². The predicted octanol–water partition coefficient (Wildman–Crippen LogP) is 2.52. The summed E-state index contributed by atoms with van der Waals surface area (Å²) in [4.78, 5) is 11.0. The van der Waals surface area contributed by atoms with Crippen molar-refractivity contribution in [2.45, 2.75) is 31.5 Å². The van der Waals surface area contributed by atoms with Crippen molar-refractivity contribution < 1.29 is 4.74 Å². The van der Waals surface area contributed by atoms with Crippen LogP contribution in [-0.4, -0.2) is 33.6 Å². The first-order valence-electron chi connectivity index (χ1n) is 7.61. The van der Waals surface area contributed by atoms with Gasteiger partial charge in [0, 0.05) is 49.7 Å². The Kier molecular flexibility index (Phi) is 3.31. The highest BCUT2D eigenvalue weighted by atomic mass is 16.5. The summed E-state index contributed by atoms with van der Waals surface area (Å²) in [5.41, 5.74) is 1.28. The lowest BCUT2D eigenvalue weighted by molar-refractivity contribution is 0.137. The van der Waals surface area contributed by atoms with E-state index < -0.39 is 0 Å². The second kappa shape index (κ2) is 5.45. The Morgan fingerprint density at radius 1 is 1.14 bits per heavy atom. The third-order valence-electron chi connectivity index (χ3n) is 4.62. The summed E-state index contributed by atoms with van der Waals surface area (Å²) in [5, 5.41) is 0. The molecule has 108 valence electrons. The van der Waals surface area contributed by atoms with Crippen LogP contribution in [0.1, 0.15) is 18.4 Å². The Balaban J connectivity index is 1.46. The van der Waals surface area contributed by atoms with Gasteiger partial charge in [-0.25, -0.2) is 4.98 Å². The first kappa shape index (κ1) is 12.8. The Bertz CT molecular complexity index is 589. The van der Waals surface area contributed by atoms with Crippen molar-refractivity contribution >= 4 is 0 Å². The van der Waals surface area contributed by atoms with Crippen molar-refractivity contribution in [3.05, 3.63) is 54.5 Å². The van der Waals surface area contributed by atoms with Crippen molar-refractivity contribution in [2.75, 3.05) is 6.54 Å². The summed E-state index contributed by atoms with van der Waals surface area (Å²) >= 11 is 0. The molecule has 4 nitrogen and oxygen atoms in total. The Hall–Kier alpha value is -1.94. The summed E-state index contributed by atoms with van der Waals surface area (Å²) in [6.45, 7) is 2.09. The van der Waals surface area contributed by atoms with Gasteiger partial charge in [0.2, 0.25) is 5.88 Å². The van der Waals surface area contributed by atoms with E-state index in [0.29, 0.717) is 12.0 Å². The Labute approximate surface area is 124 Å². The van der Waals surface area contributed by atoms with Crippen LogP contribution < -0.4 is 4.74 Å². The molecule has 3 atom stereocenters. The predicted molar refractivity (Wildman–Crippen MR) is 79.8 cm³/mol. The van der Waals surface area contributed by atoms with E-state index >= 15 is 0 Å². The quantitative estimate of drug-likeness (QED) is 0.863. The molecule has 1 saturated carbocycles. The lowest BCUT2D eigenvalue weighted by Crippen LogP contribution is -2.35. The van der Waals surface area contributed by atoms with Gasteiger partial charge < -0.3 is 4.74 Å². The van der Waals surface area contributed by atoms with Gasteiger partial charge in [0.15, 0.2) is 0 Å². The Morgan fingerprint density at radius 3 is 2.95 bits per heavy atom. The number of pyridine rings is 2. The molecule has 0 aromatic carbocycles. The summed E-state index contributed by atoms with van der Waals surface area (Å²) in [7, 11) is 0. The molecule has 2 bridgehead atoms. The molecule has 2 fully saturated rings. The largest absolute Gasteiger partial charge is 0.472 e. The summed E-state index contributed by atoms with van der Waals surface area (Å²) in [6, 6.07) is 10.5. The molecule has 0 radical (unpaired) electrons. The van der Waals surface area contributed by atoms with Gasteiger partial charge in [-0.05, 0) is 30.5 Å². The standard InChI is InChI=1S/C17H19N3O/c1-2-9-19-16(5-1)21-17-14-6-7-15(17)20(12-14)11-13-4-3-8-18-10-13/h1-5,8-10,14-15,17H,6-7,11-12H2. The van der Waals surface area contributed by atoms with Crippen molar-refractivity contribution in [1.82, 2.24) is 14.9 Å². The van der Waals surface area contributed by atoms with Gasteiger partial charge in [-0.3, -0.25) is 9.88 Å². The molecule has 4 rings (SSSR count). The molecule has 3 unspecified atom stereocenters.